The number of carbonyl (C=O) groups is 1. The Morgan fingerprint density at radius 2 is 1.68 bits per heavy atom. The highest BCUT2D eigenvalue weighted by molar-refractivity contribution is 6.30. The first-order valence-corrected chi connectivity index (χ1v) is 8.99. The Balaban J connectivity index is 1.96. The van der Waals surface area contributed by atoms with E-state index in [1.165, 1.54) is 7.11 Å². The summed E-state index contributed by atoms with van der Waals surface area (Å²) in [6, 6.07) is 20.6. The molecule has 0 saturated carbocycles. The van der Waals surface area contributed by atoms with Crippen LogP contribution in [0.5, 0.6) is 5.75 Å². The minimum absolute atomic E-state index is 0.394. The van der Waals surface area contributed by atoms with Crippen LogP contribution in [0.15, 0.2) is 66.7 Å². The summed E-state index contributed by atoms with van der Waals surface area (Å²) in [4.78, 5) is 16.7. The van der Waals surface area contributed by atoms with Crippen molar-refractivity contribution in [1.82, 2.24) is 9.55 Å². The van der Waals surface area contributed by atoms with Crippen molar-refractivity contribution in [2.24, 2.45) is 0 Å². The quantitative estimate of drug-likeness (QED) is 0.451. The second-order valence-corrected chi connectivity index (χ2v) is 6.61. The summed E-state index contributed by atoms with van der Waals surface area (Å²) in [5.41, 5.74) is 3.87. The van der Waals surface area contributed by atoms with Gasteiger partial charge in [-0.3, -0.25) is 4.57 Å². The summed E-state index contributed by atoms with van der Waals surface area (Å²) in [7, 11) is 3.00. The standard InChI is InChI=1S/C22H17ClN2O3/c1-27-18-10-8-17(9-11-18)25-20-12-5-15(22(26)28-2)13-19(20)24-21(25)14-3-6-16(23)7-4-14/h3-13H,1-2H3. The largest absolute Gasteiger partial charge is 0.497 e. The molecule has 5 nitrogen and oxygen atoms in total. The van der Waals surface area contributed by atoms with Gasteiger partial charge in [-0.05, 0) is 66.7 Å². The molecule has 140 valence electrons. The van der Waals surface area contributed by atoms with Crippen molar-refractivity contribution in [3.05, 3.63) is 77.3 Å². The number of hydrogen-bond acceptors (Lipinski definition) is 4. The van der Waals surface area contributed by atoms with Crippen LogP contribution >= 0.6 is 11.6 Å². The van der Waals surface area contributed by atoms with Crippen LogP contribution in [-0.4, -0.2) is 29.7 Å². The first-order chi connectivity index (χ1) is 13.6. The molecule has 28 heavy (non-hydrogen) atoms. The van der Waals surface area contributed by atoms with Crippen LogP contribution in [-0.2, 0) is 4.74 Å². The van der Waals surface area contributed by atoms with E-state index in [0.29, 0.717) is 16.1 Å². The Morgan fingerprint density at radius 1 is 0.964 bits per heavy atom. The van der Waals surface area contributed by atoms with Crippen molar-refractivity contribution in [2.45, 2.75) is 0 Å². The number of carbonyl (C=O) groups excluding carboxylic acids is 1. The third-order valence-corrected chi connectivity index (χ3v) is 4.76. The number of benzene rings is 3. The zero-order valence-electron chi connectivity index (χ0n) is 15.3. The highest BCUT2D eigenvalue weighted by atomic mass is 35.5. The van der Waals surface area contributed by atoms with Crippen molar-refractivity contribution in [2.75, 3.05) is 14.2 Å². The fourth-order valence-corrected chi connectivity index (χ4v) is 3.24. The summed E-state index contributed by atoms with van der Waals surface area (Å²) in [6.45, 7) is 0. The molecule has 0 saturated heterocycles. The van der Waals surface area contributed by atoms with Gasteiger partial charge in [0.05, 0.1) is 30.8 Å². The zero-order chi connectivity index (χ0) is 19.7. The van der Waals surface area contributed by atoms with Crippen molar-refractivity contribution < 1.29 is 14.3 Å². The Labute approximate surface area is 167 Å². The van der Waals surface area contributed by atoms with Gasteiger partial charge >= 0.3 is 5.97 Å². The molecule has 4 rings (SSSR count). The topological polar surface area (TPSA) is 53.3 Å². The fourth-order valence-electron chi connectivity index (χ4n) is 3.11. The summed E-state index contributed by atoms with van der Waals surface area (Å²) in [5.74, 6) is 1.13. The summed E-state index contributed by atoms with van der Waals surface area (Å²) in [5, 5.41) is 0.656. The first-order valence-electron chi connectivity index (χ1n) is 8.62. The van der Waals surface area contributed by atoms with E-state index in [4.69, 9.17) is 26.1 Å². The molecule has 0 fully saturated rings. The molecule has 4 aromatic rings. The van der Waals surface area contributed by atoms with Gasteiger partial charge in [-0.1, -0.05) is 11.6 Å². The lowest BCUT2D eigenvalue weighted by molar-refractivity contribution is 0.0601. The highest BCUT2D eigenvalue weighted by Crippen LogP contribution is 2.30. The number of methoxy groups -OCH3 is 2. The van der Waals surface area contributed by atoms with E-state index >= 15 is 0 Å². The number of nitrogens with zero attached hydrogens (tertiary/aromatic N) is 2. The molecule has 0 radical (unpaired) electrons. The molecular formula is C22H17ClN2O3. The molecule has 0 aliphatic carbocycles. The van der Waals surface area contributed by atoms with E-state index in [0.717, 1.165) is 28.3 Å². The van der Waals surface area contributed by atoms with Gasteiger partial charge in [0.25, 0.3) is 0 Å². The van der Waals surface area contributed by atoms with E-state index in [1.807, 2.05) is 59.2 Å². The normalized spacial score (nSPS) is 10.8. The van der Waals surface area contributed by atoms with Crippen molar-refractivity contribution >= 4 is 28.6 Å². The molecule has 0 aliphatic heterocycles. The number of esters is 1. The third-order valence-electron chi connectivity index (χ3n) is 4.51. The smallest absolute Gasteiger partial charge is 0.337 e. The lowest BCUT2D eigenvalue weighted by Crippen LogP contribution is -2.01. The number of ether oxygens (including phenoxy) is 2. The predicted molar refractivity (Wildman–Crippen MR) is 109 cm³/mol. The molecule has 0 amide bonds. The first kappa shape index (κ1) is 18.1. The Bertz CT molecular complexity index is 1150. The molecule has 1 heterocycles. The van der Waals surface area contributed by atoms with E-state index in [2.05, 4.69) is 0 Å². The average Bonchev–Trinajstić information content (AvgIpc) is 3.12. The average molecular weight is 393 g/mol. The van der Waals surface area contributed by atoms with Gasteiger partial charge in [-0.2, -0.15) is 0 Å². The van der Waals surface area contributed by atoms with Crippen LogP contribution in [0.4, 0.5) is 0 Å². The molecule has 0 spiro atoms. The Kier molecular flexibility index (Phi) is 4.75. The predicted octanol–water partition coefficient (Wildman–Crippen LogP) is 5.14. The Hall–Kier alpha value is -3.31. The molecular weight excluding hydrogens is 376 g/mol. The number of imidazole rings is 1. The summed E-state index contributed by atoms with van der Waals surface area (Å²) in [6.07, 6.45) is 0. The maximum Gasteiger partial charge on any atom is 0.337 e. The number of halogens is 1. The van der Waals surface area contributed by atoms with Gasteiger partial charge in [-0.15, -0.1) is 0 Å². The van der Waals surface area contributed by atoms with Gasteiger partial charge in [-0.25, -0.2) is 9.78 Å². The fraction of sp³-hybridized carbons (Fsp3) is 0.0909. The lowest BCUT2D eigenvalue weighted by Gasteiger charge is -2.10. The van der Waals surface area contributed by atoms with Crippen LogP contribution in [0.1, 0.15) is 10.4 Å². The van der Waals surface area contributed by atoms with E-state index in [1.54, 1.807) is 19.2 Å². The van der Waals surface area contributed by atoms with E-state index in [9.17, 15) is 4.79 Å². The zero-order valence-corrected chi connectivity index (χ0v) is 16.1. The Morgan fingerprint density at radius 3 is 2.32 bits per heavy atom. The second-order valence-electron chi connectivity index (χ2n) is 6.17. The maximum absolute atomic E-state index is 11.9. The molecule has 6 heteroatoms. The van der Waals surface area contributed by atoms with Crippen LogP contribution in [0.25, 0.3) is 28.1 Å². The van der Waals surface area contributed by atoms with Gasteiger partial charge in [0.1, 0.15) is 11.6 Å². The molecule has 1 aromatic heterocycles. The van der Waals surface area contributed by atoms with Crippen LogP contribution in [0.3, 0.4) is 0 Å². The van der Waals surface area contributed by atoms with Gasteiger partial charge < -0.3 is 9.47 Å². The van der Waals surface area contributed by atoms with Gasteiger partial charge in [0.15, 0.2) is 0 Å². The second kappa shape index (κ2) is 7.37. The van der Waals surface area contributed by atoms with Gasteiger partial charge in [0.2, 0.25) is 0 Å². The molecule has 0 N–H and O–H groups in total. The van der Waals surface area contributed by atoms with Crippen LogP contribution < -0.4 is 4.74 Å². The minimum Gasteiger partial charge on any atom is -0.497 e. The minimum atomic E-state index is -0.394. The molecule has 0 atom stereocenters. The highest BCUT2D eigenvalue weighted by Gasteiger charge is 2.16. The van der Waals surface area contributed by atoms with Crippen LogP contribution in [0, 0.1) is 0 Å². The summed E-state index contributed by atoms with van der Waals surface area (Å²) >= 11 is 6.05. The lowest BCUT2D eigenvalue weighted by atomic mass is 10.2. The number of aromatic nitrogens is 2. The number of hydrogen-bond donors (Lipinski definition) is 0. The van der Waals surface area contributed by atoms with Crippen LogP contribution in [0.2, 0.25) is 5.02 Å². The van der Waals surface area contributed by atoms with Crippen molar-refractivity contribution in [1.29, 1.82) is 0 Å². The van der Waals surface area contributed by atoms with Gasteiger partial charge in [0, 0.05) is 16.3 Å². The molecule has 0 unspecified atom stereocenters. The molecule has 3 aromatic carbocycles. The SMILES string of the molecule is COC(=O)c1ccc2c(c1)nc(-c1ccc(Cl)cc1)n2-c1ccc(OC)cc1. The molecule has 0 aliphatic rings. The van der Waals surface area contributed by atoms with E-state index < -0.39 is 5.97 Å². The molecule has 0 bridgehead atoms. The monoisotopic (exact) mass is 392 g/mol. The third kappa shape index (κ3) is 3.21. The van der Waals surface area contributed by atoms with Crippen molar-refractivity contribution in [3.8, 4) is 22.8 Å². The number of fused-ring (bicyclic) bond motifs is 1. The van der Waals surface area contributed by atoms with Crippen molar-refractivity contribution in [3.63, 3.8) is 0 Å². The summed E-state index contributed by atoms with van der Waals surface area (Å²) < 4.78 is 12.1. The van der Waals surface area contributed by atoms with E-state index in [-0.39, 0.29) is 0 Å². The number of rotatable bonds is 4. The maximum atomic E-state index is 11.9.